The number of ether oxygens (including phenoxy) is 1. The molecule has 3 rings (SSSR count). The molecule has 0 saturated heterocycles. The number of hydrogen-bond donors (Lipinski definition) is 1. The van der Waals surface area contributed by atoms with Gasteiger partial charge in [-0.1, -0.05) is 17.7 Å². The number of hydrogen-bond acceptors (Lipinski definition) is 3. The van der Waals surface area contributed by atoms with Gasteiger partial charge in [0.05, 0.1) is 0 Å². The van der Waals surface area contributed by atoms with Gasteiger partial charge in [0.1, 0.15) is 5.75 Å². The molecular weight excluding hydrogens is 260 g/mol. The van der Waals surface area contributed by atoms with Crippen LogP contribution in [0.3, 0.4) is 0 Å². The van der Waals surface area contributed by atoms with Gasteiger partial charge < -0.3 is 10.1 Å². The Balaban J connectivity index is 1.77. The minimum Gasteiger partial charge on any atom is -0.439 e. The van der Waals surface area contributed by atoms with E-state index in [1.54, 1.807) is 0 Å². The van der Waals surface area contributed by atoms with Crippen LogP contribution in [0.1, 0.15) is 35.2 Å². The van der Waals surface area contributed by atoms with Crippen LogP contribution in [0.2, 0.25) is 0 Å². The van der Waals surface area contributed by atoms with Gasteiger partial charge in [0.15, 0.2) is 0 Å². The Bertz CT molecular complexity index is 648. The van der Waals surface area contributed by atoms with Crippen molar-refractivity contribution < 1.29 is 4.74 Å². The van der Waals surface area contributed by atoms with Crippen LogP contribution >= 0.6 is 0 Å². The number of nitrogens with zero attached hydrogens (tertiary/aromatic N) is 1. The Morgan fingerprint density at radius 2 is 1.95 bits per heavy atom. The predicted molar refractivity (Wildman–Crippen MR) is 84.8 cm³/mol. The molecule has 0 radical (unpaired) electrons. The first-order valence-electron chi connectivity index (χ1n) is 7.56. The van der Waals surface area contributed by atoms with Crippen LogP contribution in [-0.2, 0) is 6.54 Å². The van der Waals surface area contributed by atoms with Crippen molar-refractivity contribution in [1.29, 1.82) is 0 Å². The second kappa shape index (κ2) is 5.86. The van der Waals surface area contributed by atoms with Crippen LogP contribution in [-0.4, -0.2) is 11.0 Å². The van der Waals surface area contributed by atoms with Crippen molar-refractivity contribution in [1.82, 2.24) is 10.3 Å². The Labute approximate surface area is 126 Å². The van der Waals surface area contributed by atoms with Crippen LogP contribution in [0.5, 0.6) is 11.6 Å². The zero-order valence-corrected chi connectivity index (χ0v) is 12.9. The summed E-state index contributed by atoms with van der Waals surface area (Å²) >= 11 is 0. The van der Waals surface area contributed by atoms with Gasteiger partial charge in [-0.05, 0) is 56.9 Å². The molecule has 2 aromatic rings. The third-order valence-electron chi connectivity index (χ3n) is 3.71. The van der Waals surface area contributed by atoms with E-state index in [1.165, 1.54) is 24.0 Å². The maximum Gasteiger partial charge on any atom is 0.219 e. The van der Waals surface area contributed by atoms with E-state index in [0.29, 0.717) is 11.9 Å². The number of rotatable bonds is 5. The van der Waals surface area contributed by atoms with Crippen LogP contribution in [0.4, 0.5) is 0 Å². The molecule has 3 heteroatoms. The van der Waals surface area contributed by atoms with E-state index in [2.05, 4.69) is 42.3 Å². The fraction of sp³-hybridized carbons (Fsp3) is 0.389. The summed E-state index contributed by atoms with van der Waals surface area (Å²) in [6, 6.07) is 11.1. The third-order valence-corrected chi connectivity index (χ3v) is 3.71. The summed E-state index contributed by atoms with van der Waals surface area (Å²) in [5, 5.41) is 3.53. The fourth-order valence-corrected chi connectivity index (χ4v) is 2.44. The second-order valence-corrected chi connectivity index (χ2v) is 5.98. The molecule has 0 spiro atoms. The molecule has 1 fully saturated rings. The first-order chi connectivity index (χ1) is 10.1. The van der Waals surface area contributed by atoms with E-state index in [4.69, 9.17) is 4.74 Å². The van der Waals surface area contributed by atoms with Gasteiger partial charge in [-0.2, -0.15) is 0 Å². The lowest BCUT2D eigenvalue weighted by Gasteiger charge is -2.11. The lowest BCUT2D eigenvalue weighted by molar-refractivity contribution is 0.457. The van der Waals surface area contributed by atoms with Crippen LogP contribution in [0.25, 0.3) is 0 Å². The largest absolute Gasteiger partial charge is 0.439 e. The topological polar surface area (TPSA) is 34.1 Å². The molecule has 1 aromatic heterocycles. The summed E-state index contributed by atoms with van der Waals surface area (Å²) in [5.41, 5.74) is 4.60. The standard InChI is InChI=1S/C18H22N2O/c1-12-4-7-17(13(2)8-12)21-18-10-15(9-14(3)20-18)11-19-16-5-6-16/h4,7-10,16,19H,5-6,11H2,1-3H3. The summed E-state index contributed by atoms with van der Waals surface area (Å²) in [7, 11) is 0. The first-order valence-corrected chi connectivity index (χ1v) is 7.56. The Morgan fingerprint density at radius 1 is 1.14 bits per heavy atom. The highest BCUT2D eigenvalue weighted by Gasteiger charge is 2.20. The summed E-state index contributed by atoms with van der Waals surface area (Å²) < 4.78 is 5.97. The SMILES string of the molecule is Cc1ccc(Oc2cc(CNC3CC3)cc(C)n2)c(C)c1. The van der Waals surface area contributed by atoms with Gasteiger partial charge in [-0.15, -0.1) is 0 Å². The quantitative estimate of drug-likeness (QED) is 0.898. The summed E-state index contributed by atoms with van der Waals surface area (Å²) in [4.78, 5) is 4.49. The van der Waals surface area contributed by atoms with E-state index in [1.807, 2.05) is 19.1 Å². The number of aromatic nitrogens is 1. The molecule has 1 aromatic carbocycles. The van der Waals surface area contributed by atoms with E-state index in [9.17, 15) is 0 Å². The zero-order valence-electron chi connectivity index (χ0n) is 12.9. The van der Waals surface area contributed by atoms with Gasteiger partial charge in [0.25, 0.3) is 0 Å². The monoisotopic (exact) mass is 282 g/mol. The molecule has 0 atom stereocenters. The van der Waals surface area contributed by atoms with Crippen molar-refractivity contribution >= 4 is 0 Å². The molecule has 1 aliphatic rings. The van der Waals surface area contributed by atoms with Crippen molar-refractivity contribution in [2.45, 2.75) is 46.2 Å². The van der Waals surface area contributed by atoms with Crippen LogP contribution < -0.4 is 10.1 Å². The highest BCUT2D eigenvalue weighted by atomic mass is 16.5. The van der Waals surface area contributed by atoms with Gasteiger partial charge in [-0.3, -0.25) is 0 Å². The molecule has 1 heterocycles. The van der Waals surface area contributed by atoms with E-state index in [0.717, 1.165) is 23.6 Å². The average Bonchev–Trinajstić information content (AvgIpc) is 3.23. The minimum absolute atomic E-state index is 0.676. The molecule has 1 N–H and O–H groups in total. The Hall–Kier alpha value is -1.87. The lowest BCUT2D eigenvalue weighted by atomic mass is 10.1. The number of benzene rings is 1. The summed E-state index contributed by atoms with van der Waals surface area (Å²) in [6.45, 7) is 7.05. The van der Waals surface area contributed by atoms with E-state index >= 15 is 0 Å². The van der Waals surface area contributed by atoms with E-state index in [-0.39, 0.29) is 0 Å². The summed E-state index contributed by atoms with van der Waals surface area (Å²) in [6.07, 6.45) is 2.60. The van der Waals surface area contributed by atoms with Crippen molar-refractivity contribution in [2.75, 3.05) is 0 Å². The molecule has 1 saturated carbocycles. The molecule has 0 amide bonds. The van der Waals surface area contributed by atoms with Crippen molar-refractivity contribution in [2.24, 2.45) is 0 Å². The molecule has 3 nitrogen and oxygen atoms in total. The molecular formula is C18H22N2O. The predicted octanol–water partition coefficient (Wildman–Crippen LogP) is 4.05. The van der Waals surface area contributed by atoms with Gasteiger partial charge in [-0.25, -0.2) is 4.98 Å². The van der Waals surface area contributed by atoms with Gasteiger partial charge >= 0.3 is 0 Å². The minimum atomic E-state index is 0.676. The van der Waals surface area contributed by atoms with E-state index < -0.39 is 0 Å². The molecule has 110 valence electrons. The Kier molecular flexibility index (Phi) is 3.93. The fourth-order valence-electron chi connectivity index (χ4n) is 2.44. The number of nitrogens with one attached hydrogen (secondary N) is 1. The number of pyridine rings is 1. The lowest BCUT2D eigenvalue weighted by Crippen LogP contribution is -2.15. The van der Waals surface area contributed by atoms with Crippen molar-refractivity contribution in [3.63, 3.8) is 0 Å². The average molecular weight is 282 g/mol. The maximum atomic E-state index is 5.97. The molecule has 0 unspecified atom stereocenters. The Morgan fingerprint density at radius 3 is 2.67 bits per heavy atom. The highest BCUT2D eigenvalue weighted by molar-refractivity contribution is 5.38. The number of aryl methyl sites for hydroxylation is 3. The van der Waals surface area contributed by atoms with Gasteiger partial charge in [0, 0.05) is 24.3 Å². The molecule has 0 bridgehead atoms. The summed E-state index contributed by atoms with van der Waals surface area (Å²) in [5.74, 6) is 1.55. The van der Waals surface area contributed by atoms with Crippen molar-refractivity contribution in [3.8, 4) is 11.6 Å². The second-order valence-electron chi connectivity index (χ2n) is 5.98. The maximum absolute atomic E-state index is 5.97. The normalized spacial score (nSPS) is 14.2. The molecule has 21 heavy (non-hydrogen) atoms. The highest BCUT2D eigenvalue weighted by Crippen LogP contribution is 2.26. The van der Waals surface area contributed by atoms with Crippen LogP contribution in [0, 0.1) is 20.8 Å². The first kappa shape index (κ1) is 14.1. The van der Waals surface area contributed by atoms with Crippen LogP contribution in [0.15, 0.2) is 30.3 Å². The zero-order chi connectivity index (χ0) is 14.8. The molecule has 0 aliphatic heterocycles. The van der Waals surface area contributed by atoms with Crippen molar-refractivity contribution in [3.05, 3.63) is 52.7 Å². The third kappa shape index (κ3) is 3.82. The smallest absolute Gasteiger partial charge is 0.219 e. The molecule has 1 aliphatic carbocycles. The van der Waals surface area contributed by atoms with Gasteiger partial charge in [0.2, 0.25) is 5.88 Å².